The molecule has 0 aliphatic heterocycles. The maximum Gasteiger partial charge on any atom is 0.157 e. The predicted molar refractivity (Wildman–Crippen MR) is 64.2 cm³/mol. The van der Waals surface area contributed by atoms with Crippen LogP contribution in [0.15, 0.2) is 6.33 Å². The van der Waals surface area contributed by atoms with E-state index < -0.39 is 0 Å². The molecular weight excluding hydrogens is 212 g/mol. The summed E-state index contributed by atoms with van der Waals surface area (Å²) in [6.45, 7) is 7.32. The van der Waals surface area contributed by atoms with Crippen LogP contribution in [0.4, 0.5) is 11.5 Å². The Kier molecular flexibility index (Phi) is 3.39. The van der Waals surface area contributed by atoms with E-state index in [9.17, 15) is 0 Å². The first-order valence-electron chi connectivity index (χ1n) is 4.78. The van der Waals surface area contributed by atoms with Gasteiger partial charge in [-0.2, -0.15) is 0 Å². The van der Waals surface area contributed by atoms with Crippen LogP contribution >= 0.6 is 11.6 Å². The van der Waals surface area contributed by atoms with E-state index >= 15 is 0 Å². The molecule has 4 nitrogen and oxygen atoms in total. The van der Waals surface area contributed by atoms with Crippen molar-refractivity contribution in [3.05, 3.63) is 11.5 Å². The third kappa shape index (κ3) is 3.23. The molecule has 0 unspecified atom stereocenters. The summed E-state index contributed by atoms with van der Waals surface area (Å²) in [5.74, 6) is 0.685. The summed E-state index contributed by atoms with van der Waals surface area (Å²) in [5, 5.41) is 0.306. The minimum atomic E-state index is 0.179. The van der Waals surface area contributed by atoms with E-state index in [1.807, 2.05) is 11.9 Å². The van der Waals surface area contributed by atoms with Gasteiger partial charge in [-0.3, -0.25) is 0 Å². The summed E-state index contributed by atoms with van der Waals surface area (Å²) in [6.07, 6.45) is 1.42. The monoisotopic (exact) mass is 228 g/mol. The number of nitrogens with zero attached hydrogens (tertiary/aromatic N) is 3. The summed E-state index contributed by atoms with van der Waals surface area (Å²) in [5.41, 5.74) is 6.42. The van der Waals surface area contributed by atoms with Gasteiger partial charge >= 0.3 is 0 Å². The largest absolute Gasteiger partial charge is 0.393 e. The Morgan fingerprint density at radius 2 is 2.00 bits per heavy atom. The van der Waals surface area contributed by atoms with Gasteiger partial charge in [0, 0.05) is 13.6 Å². The Bertz CT molecular complexity index is 346. The highest BCUT2D eigenvalue weighted by molar-refractivity contribution is 6.32. The molecule has 1 heterocycles. The molecule has 1 aromatic rings. The number of nitrogen functional groups attached to an aromatic ring is 1. The zero-order valence-corrected chi connectivity index (χ0v) is 10.3. The van der Waals surface area contributed by atoms with Gasteiger partial charge in [0.05, 0.1) is 0 Å². The van der Waals surface area contributed by atoms with Crippen LogP contribution < -0.4 is 10.6 Å². The van der Waals surface area contributed by atoms with Crippen molar-refractivity contribution in [3.63, 3.8) is 0 Å². The van der Waals surface area contributed by atoms with Crippen molar-refractivity contribution in [1.29, 1.82) is 0 Å². The second kappa shape index (κ2) is 4.23. The molecule has 0 atom stereocenters. The second-order valence-electron chi connectivity index (χ2n) is 4.82. The first kappa shape index (κ1) is 12.0. The zero-order valence-electron chi connectivity index (χ0n) is 9.58. The van der Waals surface area contributed by atoms with E-state index in [4.69, 9.17) is 17.3 Å². The molecule has 0 saturated carbocycles. The van der Waals surface area contributed by atoms with Crippen LogP contribution in [-0.2, 0) is 0 Å². The maximum atomic E-state index is 5.83. The van der Waals surface area contributed by atoms with Crippen LogP contribution in [0.1, 0.15) is 20.8 Å². The molecule has 2 N–H and O–H groups in total. The third-order valence-electron chi connectivity index (χ3n) is 1.89. The maximum absolute atomic E-state index is 5.83. The number of rotatable bonds is 2. The van der Waals surface area contributed by atoms with Crippen molar-refractivity contribution in [3.8, 4) is 0 Å². The Morgan fingerprint density at radius 1 is 1.40 bits per heavy atom. The fourth-order valence-corrected chi connectivity index (χ4v) is 1.58. The molecule has 0 radical (unpaired) electrons. The first-order chi connectivity index (χ1) is 6.81. The van der Waals surface area contributed by atoms with E-state index in [1.54, 1.807) is 0 Å². The van der Waals surface area contributed by atoms with Crippen molar-refractivity contribution in [2.24, 2.45) is 5.41 Å². The van der Waals surface area contributed by atoms with Gasteiger partial charge in [0.15, 0.2) is 11.0 Å². The molecule has 0 amide bonds. The Labute approximate surface area is 95.5 Å². The molecule has 0 aliphatic rings. The molecular formula is C10H17ClN4. The highest BCUT2D eigenvalue weighted by Crippen LogP contribution is 2.27. The van der Waals surface area contributed by atoms with E-state index in [2.05, 4.69) is 30.7 Å². The normalized spacial score (nSPS) is 11.5. The minimum absolute atomic E-state index is 0.179. The van der Waals surface area contributed by atoms with E-state index in [0.717, 1.165) is 6.54 Å². The summed E-state index contributed by atoms with van der Waals surface area (Å²) >= 11 is 5.83. The average molecular weight is 229 g/mol. The van der Waals surface area contributed by atoms with Crippen molar-refractivity contribution in [1.82, 2.24) is 9.97 Å². The molecule has 5 heteroatoms. The fraction of sp³-hybridized carbons (Fsp3) is 0.600. The topological polar surface area (TPSA) is 55.0 Å². The molecule has 0 bridgehead atoms. The Balaban J connectivity index is 2.92. The molecule has 0 spiro atoms. The number of aromatic nitrogens is 2. The van der Waals surface area contributed by atoms with E-state index in [0.29, 0.717) is 16.7 Å². The van der Waals surface area contributed by atoms with Gasteiger partial charge in [-0.15, -0.1) is 0 Å². The number of anilines is 2. The van der Waals surface area contributed by atoms with Crippen LogP contribution in [0.2, 0.25) is 5.15 Å². The average Bonchev–Trinajstić information content (AvgIpc) is 2.06. The van der Waals surface area contributed by atoms with Crippen LogP contribution in [0.5, 0.6) is 0 Å². The number of hydrogen-bond donors (Lipinski definition) is 1. The van der Waals surface area contributed by atoms with Crippen LogP contribution in [0.3, 0.4) is 0 Å². The Morgan fingerprint density at radius 3 is 2.53 bits per heavy atom. The highest BCUT2D eigenvalue weighted by atomic mass is 35.5. The second-order valence-corrected chi connectivity index (χ2v) is 5.18. The molecule has 84 valence electrons. The lowest BCUT2D eigenvalue weighted by atomic mass is 9.96. The zero-order chi connectivity index (χ0) is 11.6. The lowest BCUT2D eigenvalue weighted by Gasteiger charge is -2.28. The van der Waals surface area contributed by atoms with Gasteiger partial charge in [0.2, 0.25) is 0 Å². The standard InChI is InChI=1S/C10H17ClN4/c1-10(2,3)5-15(4)9-7(12)8(11)13-6-14-9/h6H,5,12H2,1-4H3. The molecule has 15 heavy (non-hydrogen) atoms. The fourth-order valence-electron chi connectivity index (χ4n) is 1.46. The van der Waals surface area contributed by atoms with Crippen molar-refractivity contribution in [2.75, 3.05) is 24.2 Å². The number of hydrogen-bond acceptors (Lipinski definition) is 4. The molecule has 1 aromatic heterocycles. The molecule has 0 saturated heterocycles. The van der Waals surface area contributed by atoms with Gasteiger partial charge in [0.1, 0.15) is 12.0 Å². The lowest BCUT2D eigenvalue weighted by molar-refractivity contribution is 0.418. The van der Waals surface area contributed by atoms with Crippen LogP contribution in [-0.4, -0.2) is 23.6 Å². The summed E-state index contributed by atoms with van der Waals surface area (Å²) in [6, 6.07) is 0. The van der Waals surface area contributed by atoms with Crippen LogP contribution in [0.25, 0.3) is 0 Å². The lowest BCUT2D eigenvalue weighted by Crippen LogP contribution is -2.30. The van der Waals surface area contributed by atoms with Gasteiger partial charge in [-0.05, 0) is 5.41 Å². The van der Waals surface area contributed by atoms with Crippen LogP contribution in [0, 0.1) is 5.41 Å². The molecule has 0 aliphatic carbocycles. The highest BCUT2D eigenvalue weighted by Gasteiger charge is 2.17. The quantitative estimate of drug-likeness (QED) is 0.789. The minimum Gasteiger partial charge on any atom is -0.393 e. The van der Waals surface area contributed by atoms with Gasteiger partial charge in [0.25, 0.3) is 0 Å². The van der Waals surface area contributed by atoms with Crippen molar-refractivity contribution < 1.29 is 0 Å². The summed E-state index contributed by atoms with van der Waals surface area (Å²) < 4.78 is 0. The third-order valence-corrected chi connectivity index (χ3v) is 2.19. The number of nitrogens with two attached hydrogens (primary N) is 1. The van der Waals surface area contributed by atoms with E-state index in [1.165, 1.54) is 6.33 Å². The molecule has 1 rings (SSSR count). The summed E-state index contributed by atoms with van der Waals surface area (Å²) in [4.78, 5) is 9.94. The predicted octanol–water partition coefficient (Wildman–Crippen LogP) is 2.19. The molecule has 0 fully saturated rings. The van der Waals surface area contributed by atoms with Gasteiger partial charge in [-0.25, -0.2) is 9.97 Å². The smallest absolute Gasteiger partial charge is 0.157 e. The first-order valence-corrected chi connectivity index (χ1v) is 5.16. The van der Waals surface area contributed by atoms with Crippen molar-refractivity contribution in [2.45, 2.75) is 20.8 Å². The summed E-state index contributed by atoms with van der Waals surface area (Å²) in [7, 11) is 1.94. The van der Waals surface area contributed by atoms with Gasteiger partial charge in [-0.1, -0.05) is 32.4 Å². The van der Waals surface area contributed by atoms with Crippen molar-refractivity contribution >= 4 is 23.1 Å². The molecule has 0 aromatic carbocycles. The number of halogens is 1. The SMILES string of the molecule is CN(CC(C)(C)C)c1ncnc(Cl)c1N. The van der Waals surface area contributed by atoms with E-state index in [-0.39, 0.29) is 5.41 Å². The van der Waals surface area contributed by atoms with Gasteiger partial charge < -0.3 is 10.6 Å². The Hall–Kier alpha value is -1.03.